The lowest BCUT2D eigenvalue weighted by Crippen LogP contribution is -2.14. The van der Waals surface area contributed by atoms with Gasteiger partial charge in [0.25, 0.3) is 5.91 Å². The zero-order valence-electron chi connectivity index (χ0n) is 11.0. The number of carboxylic acids is 1. The molecule has 0 saturated heterocycles. The average Bonchev–Trinajstić information content (AvgIpc) is 2.47. The van der Waals surface area contributed by atoms with Gasteiger partial charge in [-0.3, -0.25) is 4.79 Å². The second kappa shape index (κ2) is 5.97. The van der Waals surface area contributed by atoms with Crippen molar-refractivity contribution >= 4 is 17.6 Å². The lowest BCUT2D eigenvalue weighted by molar-refractivity contribution is 0.0690. The zero-order valence-corrected chi connectivity index (χ0v) is 11.0. The Bertz CT molecular complexity index is 636. The maximum absolute atomic E-state index is 12.2. The Morgan fingerprint density at radius 2 is 1.95 bits per heavy atom. The van der Waals surface area contributed by atoms with Gasteiger partial charge in [-0.1, -0.05) is 25.1 Å². The van der Waals surface area contributed by atoms with Crippen LogP contribution in [-0.2, 0) is 6.42 Å². The number of pyridine rings is 1. The van der Waals surface area contributed by atoms with Crippen molar-refractivity contribution in [3.05, 3.63) is 59.4 Å². The van der Waals surface area contributed by atoms with Crippen LogP contribution in [0.4, 0.5) is 5.69 Å². The summed E-state index contributed by atoms with van der Waals surface area (Å²) < 4.78 is 0. The van der Waals surface area contributed by atoms with Gasteiger partial charge in [-0.25, -0.2) is 9.78 Å². The van der Waals surface area contributed by atoms with Crippen LogP contribution in [0.3, 0.4) is 0 Å². The number of carboxylic acid groups (broad SMARTS) is 1. The number of aromatic nitrogens is 1. The number of rotatable bonds is 4. The van der Waals surface area contributed by atoms with E-state index in [0.29, 0.717) is 11.3 Å². The van der Waals surface area contributed by atoms with E-state index in [1.54, 1.807) is 12.1 Å². The van der Waals surface area contributed by atoms with Crippen LogP contribution < -0.4 is 5.32 Å². The Morgan fingerprint density at radius 1 is 1.20 bits per heavy atom. The van der Waals surface area contributed by atoms with Crippen LogP contribution in [-0.4, -0.2) is 22.0 Å². The molecule has 2 aromatic rings. The molecule has 1 aromatic carbocycles. The molecule has 2 rings (SSSR count). The van der Waals surface area contributed by atoms with Crippen LogP contribution in [0.15, 0.2) is 42.6 Å². The van der Waals surface area contributed by atoms with Gasteiger partial charge < -0.3 is 10.4 Å². The summed E-state index contributed by atoms with van der Waals surface area (Å²) >= 11 is 0. The number of aryl methyl sites for hydroxylation is 1. The van der Waals surface area contributed by atoms with E-state index in [4.69, 9.17) is 5.11 Å². The number of benzene rings is 1. The van der Waals surface area contributed by atoms with Gasteiger partial charge in [-0.05, 0) is 30.2 Å². The van der Waals surface area contributed by atoms with E-state index in [9.17, 15) is 9.59 Å². The highest BCUT2D eigenvalue weighted by molar-refractivity contribution is 6.05. The number of aromatic carboxylic acids is 1. The van der Waals surface area contributed by atoms with Crippen LogP contribution in [0, 0.1) is 0 Å². The Labute approximate surface area is 116 Å². The maximum atomic E-state index is 12.2. The number of anilines is 1. The summed E-state index contributed by atoms with van der Waals surface area (Å²) in [7, 11) is 0. The third-order valence-electron chi connectivity index (χ3n) is 2.88. The third-order valence-corrected chi connectivity index (χ3v) is 2.88. The first-order valence-corrected chi connectivity index (χ1v) is 6.20. The van der Waals surface area contributed by atoms with E-state index in [2.05, 4.69) is 10.3 Å². The molecule has 20 heavy (non-hydrogen) atoms. The van der Waals surface area contributed by atoms with Crippen molar-refractivity contribution in [3.8, 4) is 0 Å². The normalized spacial score (nSPS) is 10.1. The summed E-state index contributed by atoms with van der Waals surface area (Å²) in [6, 6.07) is 10.2. The number of carbonyl (C=O) groups excluding carboxylic acids is 1. The van der Waals surface area contributed by atoms with E-state index in [1.807, 2.05) is 19.1 Å². The van der Waals surface area contributed by atoms with E-state index in [1.165, 1.54) is 18.3 Å². The Balaban J connectivity index is 2.17. The van der Waals surface area contributed by atoms with Crippen LogP contribution >= 0.6 is 0 Å². The summed E-state index contributed by atoms with van der Waals surface area (Å²) in [6.45, 7) is 1.98. The molecule has 0 aliphatic heterocycles. The molecule has 0 bridgehead atoms. The molecule has 0 aliphatic rings. The van der Waals surface area contributed by atoms with Gasteiger partial charge in [-0.2, -0.15) is 0 Å². The molecular weight excluding hydrogens is 256 g/mol. The molecule has 0 unspecified atom stereocenters. The molecule has 0 aliphatic carbocycles. The van der Waals surface area contributed by atoms with Crippen molar-refractivity contribution in [1.29, 1.82) is 0 Å². The van der Waals surface area contributed by atoms with Gasteiger partial charge in [0.1, 0.15) is 5.69 Å². The van der Waals surface area contributed by atoms with Crippen LogP contribution in [0.25, 0.3) is 0 Å². The first-order valence-electron chi connectivity index (χ1n) is 6.20. The van der Waals surface area contributed by atoms with Gasteiger partial charge in [0.15, 0.2) is 0 Å². The third kappa shape index (κ3) is 3.00. The predicted octanol–water partition coefficient (Wildman–Crippen LogP) is 2.59. The predicted molar refractivity (Wildman–Crippen MR) is 75.0 cm³/mol. The second-order valence-electron chi connectivity index (χ2n) is 4.20. The summed E-state index contributed by atoms with van der Waals surface area (Å²) in [5.74, 6) is -1.33. The summed E-state index contributed by atoms with van der Waals surface area (Å²) in [6.07, 6.45) is 2.09. The molecule has 1 heterocycles. The lowest BCUT2D eigenvalue weighted by atomic mass is 10.0. The fourth-order valence-electron chi connectivity index (χ4n) is 1.84. The largest absolute Gasteiger partial charge is 0.477 e. The molecule has 1 aromatic heterocycles. The van der Waals surface area contributed by atoms with E-state index >= 15 is 0 Å². The van der Waals surface area contributed by atoms with E-state index in [-0.39, 0.29) is 11.6 Å². The molecule has 1 amide bonds. The fraction of sp³-hybridized carbons (Fsp3) is 0.133. The fourth-order valence-corrected chi connectivity index (χ4v) is 1.84. The average molecular weight is 270 g/mol. The summed E-state index contributed by atoms with van der Waals surface area (Å²) in [5.41, 5.74) is 1.97. The SMILES string of the molecule is CCc1ccccc1C(=O)Nc1ccc(C(=O)O)nc1. The minimum atomic E-state index is -1.10. The van der Waals surface area contributed by atoms with Crippen molar-refractivity contribution < 1.29 is 14.7 Å². The summed E-state index contributed by atoms with van der Waals surface area (Å²) in [4.78, 5) is 26.6. The van der Waals surface area contributed by atoms with Crippen molar-refractivity contribution in [2.75, 3.05) is 5.32 Å². The molecule has 0 fully saturated rings. The van der Waals surface area contributed by atoms with E-state index in [0.717, 1.165) is 12.0 Å². The second-order valence-corrected chi connectivity index (χ2v) is 4.20. The van der Waals surface area contributed by atoms with Crippen molar-refractivity contribution in [1.82, 2.24) is 4.98 Å². The van der Waals surface area contributed by atoms with Gasteiger partial charge >= 0.3 is 5.97 Å². The highest BCUT2D eigenvalue weighted by Crippen LogP contribution is 2.13. The lowest BCUT2D eigenvalue weighted by Gasteiger charge is -2.08. The highest BCUT2D eigenvalue weighted by atomic mass is 16.4. The first kappa shape index (κ1) is 13.7. The minimum absolute atomic E-state index is 0.0584. The van der Waals surface area contributed by atoms with Crippen molar-refractivity contribution in [2.24, 2.45) is 0 Å². The number of carbonyl (C=O) groups is 2. The Hall–Kier alpha value is -2.69. The smallest absolute Gasteiger partial charge is 0.354 e. The quantitative estimate of drug-likeness (QED) is 0.895. The molecule has 0 spiro atoms. The van der Waals surface area contributed by atoms with Crippen LogP contribution in [0.2, 0.25) is 0 Å². The van der Waals surface area contributed by atoms with E-state index < -0.39 is 5.97 Å². The van der Waals surface area contributed by atoms with Gasteiger partial charge in [0.2, 0.25) is 0 Å². The van der Waals surface area contributed by atoms with Gasteiger partial charge in [0, 0.05) is 5.56 Å². The minimum Gasteiger partial charge on any atom is -0.477 e. The molecule has 0 atom stereocenters. The summed E-state index contributed by atoms with van der Waals surface area (Å²) in [5, 5.41) is 11.5. The molecule has 0 saturated carbocycles. The van der Waals surface area contributed by atoms with Crippen molar-refractivity contribution in [2.45, 2.75) is 13.3 Å². The molecule has 2 N–H and O–H groups in total. The number of nitrogens with zero attached hydrogens (tertiary/aromatic N) is 1. The number of hydrogen-bond acceptors (Lipinski definition) is 3. The molecule has 5 nitrogen and oxygen atoms in total. The van der Waals surface area contributed by atoms with Gasteiger partial charge in [-0.15, -0.1) is 0 Å². The monoisotopic (exact) mass is 270 g/mol. The number of nitrogens with one attached hydrogen (secondary N) is 1. The topological polar surface area (TPSA) is 79.3 Å². The number of hydrogen-bond donors (Lipinski definition) is 2. The highest BCUT2D eigenvalue weighted by Gasteiger charge is 2.10. The zero-order chi connectivity index (χ0) is 14.5. The first-order chi connectivity index (χ1) is 9.61. The standard InChI is InChI=1S/C15H14N2O3/c1-2-10-5-3-4-6-12(10)14(18)17-11-7-8-13(15(19)20)16-9-11/h3-9H,2H2,1H3,(H,17,18)(H,19,20). The van der Waals surface area contributed by atoms with Crippen LogP contribution in [0.1, 0.15) is 33.3 Å². The molecule has 102 valence electrons. The molecule has 5 heteroatoms. The molecular formula is C15H14N2O3. The van der Waals surface area contributed by atoms with Crippen LogP contribution in [0.5, 0.6) is 0 Å². The Morgan fingerprint density at radius 3 is 2.55 bits per heavy atom. The van der Waals surface area contributed by atoms with Crippen molar-refractivity contribution in [3.63, 3.8) is 0 Å². The number of amides is 1. The molecule has 0 radical (unpaired) electrons. The van der Waals surface area contributed by atoms with Gasteiger partial charge in [0.05, 0.1) is 11.9 Å². The Kier molecular flexibility index (Phi) is 4.10. The maximum Gasteiger partial charge on any atom is 0.354 e.